The van der Waals surface area contributed by atoms with Crippen LogP contribution >= 0.6 is 22.6 Å². The second kappa shape index (κ2) is 10.9. The Morgan fingerprint density at radius 3 is 2.17 bits per heavy atom. The van der Waals surface area contributed by atoms with Crippen molar-refractivity contribution in [3.63, 3.8) is 0 Å². The van der Waals surface area contributed by atoms with Gasteiger partial charge >= 0.3 is 0 Å². The maximum absolute atomic E-state index is 10.9. The van der Waals surface area contributed by atoms with Crippen molar-refractivity contribution in [1.29, 1.82) is 0 Å². The van der Waals surface area contributed by atoms with Gasteiger partial charge in [-0.15, -0.1) is 0 Å². The molecule has 176 valence electrons. The van der Waals surface area contributed by atoms with Crippen LogP contribution in [0.2, 0.25) is 0 Å². The lowest BCUT2D eigenvalue weighted by molar-refractivity contribution is -0.384. The van der Waals surface area contributed by atoms with E-state index in [0.29, 0.717) is 11.6 Å². The number of anilines is 5. The number of nitro groups is 1. The lowest BCUT2D eigenvalue weighted by atomic mass is 10.1. The van der Waals surface area contributed by atoms with Crippen molar-refractivity contribution in [2.24, 2.45) is 5.10 Å². The summed E-state index contributed by atoms with van der Waals surface area (Å²) in [5.41, 5.74) is 7.50. The average molecular weight is 580 g/mol. The molecule has 4 rings (SSSR count). The van der Waals surface area contributed by atoms with Crippen molar-refractivity contribution in [1.82, 2.24) is 15.0 Å². The Hall–Kier alpha value is -4.13. The minimum atomic E-state index is -0.452. The fraction of sp³-hybridized carbons (Fsp3) is 0.0833. The maximum atomic E-state index is 10.9. The summed E-state index contributed by atoms with van der Waals surface area (Å²) < 4.78 is 1.10. The number of benzene rings is 3. The van der Waals surface area contributed by atoms with E-state index < -0.39 is 4.92 Å². The van der Waals surface area contributed by atoms with E-state index in [2.05, 4.69) is 58.7 Å². The van der Waals surface area contributed by atoms with Crippen molar-refractivity contribution < 1.29 is 4.92 Å². The molecule has 0 fully saturated rings. The first-order valence-corrected chi connectivity index (χ1v) is 11.6. The van der Waals surface area contributed by atoms with Crippen LogP contribution in [0, 0.1) is 27.5 Å². The molecule has 0 unspecified atom stereocenters. The molecule has 0 aliphatic heterocycles. The minimum absolute atomic E-state index is 0.00411. The fourth-order valence-electron chi connectivity index (χ4n) is 3.03. The maximum Gasteiger partial charge on any atom is 0.269 e. The van der Waals surface area contributed by atoms with E-state index in [1.54, 1.807) is 18.3 Å². The number of aromatic nitrogens is 3. The first kappa shape index (κ1) is 24.0. The topological polar surface area (TPSA) is 130 Å². The van der Waals surface area contributed by atoms with Gasteiger partial charge in [0.25, 0.3) is 5.69 Å². The summed E-state index contributed by atoms with van der Waals surface area (Å²) in [6.45, 7) is 4.07. The standard InChI is InChI=1S/C24H21IN8O2/c1-15-6-7-20(12-16(15)2)28-23-29-22(27-19-8-10-21(11-9-19)33(34)35)30-24(31-23)32-26-14-17-4-3-5-18(25)13-17/h3-14H,1-2H3,(H3,27,28,29,30,31,32)/b26-14-. The molecule has 0 radical (unpaired) electrons. The van der Waals surface area contributed by atoms with Crippen LogP contribution in [0.15, 0.2) is 71.8 Å². The molecule has 10 nitrogen and oxygen atoms in total. The van der Waals surface area contributed by atoms with E-state index in [1.165, 1.54) is 17.7 Å². The zero-order chi connectivity index (χ0) is 24.8. The molecule has 0 bridgehead atoms. The Morgan fingerprint density at radius 2 is 1.51 bits per heavy atom. The number of nitrogens with zero attached hydrogens (tertiary/aromatic N) is 5. The summed E-state index contributed by atoms with van der Waals surface area (Å²) in [5, 5.41) is 21.4. The number of hydrazone groups is 1. The van der Waals surface area contributed by atoms with Crippen molar-refractivity contribution >= 4 is 63.7 Å². The van der Waals surface area contributed by atoms with Gasteiger partial charge in [0.2, 0.25) is 17.8 Å². The fourth-order valence-corrected chi connectivity index (χ4v) is 3.60. The van der Waals surface area contributed by atoms with Crippen LogP contribution in [0.25, 0.3) is 0 Å². The third-order valence-corrected chi connectivity index (χ3v) is 5.63. The first-order valence-electron chi connectivity index (χ1n) is 10.5. The lowest BCUT2D eigenvalue weighted by Gasteiger charge is -2.11. The Bertz CT molecular complexity index is 1390. The molecule has 1 aromatic heterocycles. The van der Waals surface area contributed by atoms with Gasteiger partial charge in [-0.1, -0.05) is 18.2 Å². The number of aryl methyl sites for hydroxylation is 2. The molecule has 0 atom stereocenters. The average Bonchev–Trinajstić information content (AvgIpc) is 2.82. The van der Waals surface area contributed by atoms with E-state index in [0.717, 1.165) is 20.4 Å². The van der Waals surface area contributed by atoms with Gasteiger partial charge in [0, 0.05) is 27.1 Å². The summed E-state index contributed by atoms with van der Waals surface area (Å²) >= 11 is 2.24. The lowest BCUT2D eigenvalue weighted by Crippen LogP contribution is -2.07. The van der Waals surface area contributed by atoms with Gasteiger partial charge in [0.15, 0.2) is 0 Å². The molecule has 0 amide bonds. The predicted octanol–water partition coefficient (Wildman–Crippen LogP) is 5.93. The molecule has 0 spiro atoms. The number of nitrogens with one attached hydrogen (secondary N) is 3. The van der Waals surface area contributed by atoms with Crippen molar-refractivity contribution in [3.8, 4) is 0 Å². The second-order valence-electron chi connectivity index (χ2n) is 7.58. The van der Waals surface area contributed by atoms with Crippen LogP contribution in [-0.4, -0.2) is 26.1 Å². The Labute approximate surface area is 215 Å². The number of hydrogen-bond donors (Lipinski definition) is 3. The third-order valence-electron chi connectivity index (χ3n) is 4.96. The highest BCUT2D eigenvalue weighted by Crippen LogP contribution is 2.22. The van der Waals surface area contributed by atoms with E-state index in [9.17, 15) is 10.1 Å². The summed E-state index contributed by atoms with van der Waals surface area (Å²) in [7, 11) is 0. The highest BCUT2D eigenvalue weighted by molar-refractivity contribution is 14.1. The van der Waals surface area contributed by atoms with Gasteiger partial charge in [0.1, 0.15) is 0 Å². The molecule has 3 N–H and O–H groups in total. The van der Waals surface area contributed by atoms with Gasteiger partial charge in [0.05, 0.1) is 11.1 Å². The highest BCUT2D eigenvalue weighted by atomic mass is 127. The van der Waals surface area contributed by atoms with Crippen molar-refractivity contribution in [2.45, 2.75) is 13.8 Å². The van der Waals surface area contributed by atoms with Gasteiger partial charge in [-0.05, 0) is 89.5 Å². The number of hydrogen-bond acceptors (Lipinski definition) is 9. The molecule has 3 aromatic carbocycles. The van der Waals surface area contributed by atoms with Crippen LogP contribution in [-0.2, 0) is 0 Å². The molecular weight excluding hydrogens is 559 g/mol. The smallest absolute Gasteiger partial charge is 0.269 e. The van der Waals surface area contributed by atoms with Crippen LogP contribution in [0.4, 0.5) is 34.9 Å². The van der Waals surface area contributed by atoms with Gasteiger partial charge in [-0.2, -0.15) is 20.1 Å². The minimum Gasteiger partial charge on any atom is -0.324 e. The third kappa shape index (κ3) is 6.69. The van der Waals surface area contributed by atoms with E-state index in [4.69, 9.17) is 0 Å². The molecule has 0 aliphatic carbocycles. The van der Waals surface area contributed by atoms with Gasteiger partial charge in [-0.25, -0.2) is 5.43 Å². The summed E-state index contributed by atoms with van der Waals surface area (Å²) in [6, 6.07) is 19.8. The van der Waals surface area contributed by atoms with Crippen LogP contribution in [0.3, 0.4) is 0 Å². The number of nitro benzene ring substituents is 1. The number of rotatable bonds is 8. The molecular formula is C24H21IN8O2. The molecule has 0 saturated carbocycles. The van der Waals surface area contributed by atoms with E-state index >= 15 is 0 Å². The zero-order valence-corrected chi connectivity index (χ0v) is 21.0. The van der Waals surface area contributed by atoms with Crippen LogP contribution in [0.5, 0.6) is 0 Å². The normalized spacial score (nSPS) is 10.8. The van der Waals surface area contributed by atoms with E-state index in [1.807, 2.05) is 56.3 Å². The quantitative estimate of drug-likeness (QED) is 0.101. The summed E-state index contributed by atoms with van der Waals surface area (Å²) in [4.78, 5) is 23.7. The predicted molar refractivity (Wildman–Crippen MR) is 146 cm³/mol. The second-order valence-corrected chi connectivity index (χ2v) is 8.83. The Morgan fingerprint density at radius 1 is 0.857 bits per heavy atom. The number of non-ortho nitro benzene ring substituents is 1. The highest BCUT2D eigenvalue weighted by Gasteiger charge is 2.10. The summed E-state index contributed by atoms with van der Waals surface area (Å²) in [5.74, 6) is 0.768. The van der Waals surface area contributed by atoms with Crippen molar-refractivity contribution in [3.05, 3.63) is 97.1 Å². The van der Waals surface area contributed by atoms with Crippen molar-refractivity contribution in [2.75, 3.05) is 16.1 Å². The largest absolute Gasteiger partial charge is 0.324 e. The van der Waals surface area contributed by atoms with E-state index in [-0.39, 0.29) is 17.6 Å². The Balaban J connectivity index is 1.60. The Kier molecular flexibility index (Phi) is 7.45. The van der Waals surface area contributed by atoms with Crippen LogP contribution in [0.1, 0.15) is 16.7 Å². The van der Waals surface area contributed by atoms with Gasteiger partial charge < -0.3 is 10.6 Å². The molecule has 0 aliphatic rings. The molecule has 35 heavy (non-hydrogen) atoms. The SMILES string of the molecule is Cc1ccc(Nc2nc(N/N=C\c3cccc(I)c3)nc(Nc3ccc([N+](=O)[O-])cc3)n2)cc1C. The van der Waals surface area contributed by atoms with Gasteiger partial charge in [-0.3, -0.25) is 10.1 Å². The first-order chi connectivity index (χ1) is 16.9. The molecule has 1 heterocycles. The molecule has 0 saturated heterocycles. The monoisotopic (exact) mass is 580 g/mol. The molecule has 11 heteroatoms. The number of halogens is 1. The van der Waals surface area contributed by atoms with Crippen LogP contribution < -0.4 is 16.1 Å². The zero-order valence-electron chi connectivity index (χ0n) is 18.9. The molecule has 4 aromatic rings. The summed E-state index contributed by atoms with van der Waals surface area (Å²) in [6.07, 6.45) is 1.67.